The van der Waals surface area contributed by atoms with Gasteiger partial charge in [0.2, 0.25) is 5.91 Å². The van der Waals surface area contributed by atoms with Crippen molar-refractivity contribution in [2.75, 3.05) is 31.9 Å². The molecule has 2 aliphatic heterocycles. The van der Waals surface area contributed by atoms with Crippen LogP contribution in [0.2, 0.25) is 0 Å². The summed E-state index contributed by atoms with van der Waals surface area (Å²) >= 11 is 0. The predicted molar refractivity (Wildman–Crippen MR) is 109 cm³/mol. The van der Waals surface area contributed by atoms with Gasteiger partial charge in [0.1, 0.15) is 5.82 Å². The van der Waals surface area contributed by atoms with Gasteiger partial charge in [-0.3, -0.25) is 9.59 Å². The van der Waals surface area contributed by atoms with Crippen LogP contribution < -0.4 is 5.73 Å². The number of hydrogen-bond donors (Lipinski definition) is 1. The molecule has 0 aromatic carbocycles. The Bertz CT molecular complexity index is 858. The summed E-state index contributed by atoms with van der Waals surface area (Å²) in [6.07, 6.45) is 11.4. The highest BCUT2D eigenvalue weighted by molar-refractivity contribution is 5.94. The van der Waals surface area contributed by atoms with Crippen molar-refractivity contribution < 1.29 is 9.59 Å². The summed E-state index contributed by atoms with van der Waals surface area (Å²) in [7, 11) is 0. The Hall–Kier alpha value is -2.90. The van der Waals surface area contributed by atoms with Crippen LogP contribution in [0.15, 0.2) is 37.1 Å². The Morgan fingerprint density at radius 1 is 1.17 bits per heavy atom. The first-order valence-electron chi connectivity index (χ1n) is 10.3. The number of hydrogen-bond acceptors (Lipinski definition) is 5. The molecule has 4 rings (SSSR count). The monoisotopic (exact) mass is 396 g/mol. The second-order valence-corrected chi connectivity index (χ2v) is 8.23. The van der Waals surface area contributed by atoms with Gasteiger partial charge < -0.3 is 20.1 Å². The maximum Gasteiger partial charge on any atom is 0.254 e. The molecule has 2 aromatic heterocycles. The Morgan fingerprint density at radius 2 is 2.00 bits per heavy atom. The molecule has 154 valence electrons. The van der Waals surface area contributed by atoms with E-state index in [2.05, 4.69) is 9.97 Å². The van der Waals surface area contributed by atoms with E-state index in [1.54, 1.807) is 24.5 Å². The number of imidazole rings is 1. The second kappa shape index (κ2) is 8.23. The topological polar surface area (TPSA) is 97.3 Å². The molecule has 1 spiro atoms. The highest BCUT2D eigenvalue weighted by Gasteiger charge is 2.41. The number of likely N-dealkylation sites (tertiary alicyclic amines) is 2. The number of piperidine rings is 2. The summed E-state index contributed by atoms with van der Waals surface area (Å²) in [5.74, 6) is 0.631. The zero-order valence-electron chi connectivity index (χ0n) is 16.7. The molecule has 0 atom stereocenters. The normalized spacial score (nSPS) is 19.0. The van der Waals surface area contributed by atoms with Crippen LogP contribution in [0.5, 0.6) is 0 Å². The van der Waals surface area contributed by atoms with Gasteiger partial charge in [-0.15, -0.1) is 0 Å². The van der Waals surface area contributed by atoms with E-state index in [1.165, 1.54) is 0 Å². The van der Waals surface area contributed by atoms with Crippen LogP contribution in [0.1, 0.15) is 42.5 Å². The molecule has 4 heterocycles. The van der Waals surface area contributed by atoms with Crippen LogP contribution >= 0.6 is 0 Å². The summed E-state index contributed by atoms with van der Waals surface area (Å²) in [5, 5.41) is 0. The minimum atomic E-state index is 0.0121. The van der Waals surface area contributed by atoms with Gasteiger partial charge in [0.25, 0.3) is 5.91 Å². The van der Waals surface area contributed by atoms with Gasteiger partial charge in [-0.05, 0) is 43.2 Å². The quantitative estimate of drug-likeness (QED) is 0.831. The van der Waals surface area contributed by atoms with Gasteiger partial charge in [0.15, 0.2) is 0 Å². The molecule has 2 saturated heterocycles. The zero-order chi connectivity index (χ0) is 20.3. The number of carbonyl (C=O) groups is 2. The maximum absolute atomic E-state index is 12.8. The van der Waals surface area contributed by atoms with E-state index in [0.29, 0.717) is 17.8 Å². The molecular formula is C21H28N6O2. The molecule has 0 unspecified atom stereocenters. The highest BCUT2D eigenvalue weighted by atomic mass is 16.2. The van der Waals surface area contributed by atoms with Crippen molar-refractivity contribution in [3.05, 3.63) is 42.6 Å². The maximum atomic E-state index is 12.8. The van der Waals surface area contributed by atoms with Crippen LogP contribution in [0, 0.1) is 5.41 Å². The number of amides is 2. The Kier molecular flexibility index (Phi) is 5.51. The van der Waals surface area contributed by atoms with Crippen LogP contribution in [0.3, 0.4) is 0 Å². The van der Waals surface area contributed by atoms with Crippen molar-refractivity contribution >= 4 is 17.6 Å². The molecule has 8 nitrogen and oxygen atoms in total. The molecule has 0 saturated carbocycles. The molecule has 2 N–H and O–H groups in total. The van der Waals surface area contributed by atoms with E-state index in [-0.39, 0.29) is 17.2 Å². The summed E-state index contributed by atoms with van der Waals surface area (Å²) < 4.78 is 2.04. The van der Waals surface area contributed by atoms with Gasteiger partial charge in [-0.1, -0.05) is 0 Å². The van der Waals surface area contributed by atoms with E-state index in [1.807, 2.05) is 26.9 Å². The molecule has 0 radical (unpaired) electrons. The molecule has 2 fully saturated rings. The number of aryl methyl sites for hydroxylation is 1. The summed E-state index contributed by atoms with van der Waals surface area (Å²) in [4.78, 5) is 37.1. The molecule has 0 bridgehead atoms. The van der Waals surface area contributed by atoms with Crippen LogP contribution in [0.25, 0.3) is 0 Å². The third kappa shape index (κ3) is 4.41. The number of nitrogen functional groups attached to an aromatic ring is 1. The SMILES string of the molecule is Nc1cc(C(=O)N2CCC3(CCC(=O)N(CCCn4ccnc4)C3)CC2)ccn1. The Morgan fingerprint density at radius 3 is 2.72 bits per heavy atom. The summed E-state index contributed by atoms with van der Waals surface area (Å²) in [6, 6.07) is 3.35. The van der Waals surface area contributed by atoms with Crippen molar-refractivity contribution in [3.63, 3.8) is 0 Å². The molecule has 2 amide bonds. The van der Waals surface area contributed by atoms with E-state index in [4.69, 9.17) is 5.73 Å². The Labute approximate surface area is 170 Å². The van der Waals surface area contributed by atoms with Crippen LogP contribution in [-0.2, 0) is 11.3 Å². The third-order valence-electron chi connectivity index (χ3n) is 6.29. The van der Waals surface area contributed by atoms with Crippen molar-refractivity contribution in [3.8, 4) is 0 Å². The van der Waals surface area contributed by atoms with Gasteiger partial charge in [0, 0.05) is 63.3 Å². The average molecular weight is 396 g/mol. The minimum absolute atomic E-state index is 0.0121. The first kappa shape index (κ1) is 19.4. The first-order valence-corrected chi connectivity index (χ1v) is 10.3. The number of anilines is 1. The lowest BCUT2D eigenvalue weighted by molar-refractivity contribution is -0.139. The van der Waals surface area contributed by atoms with Gasteiger partial charge in [-0.25, -0.2) is 9.97 Å². The van der Waals surface area contributed by atoms with Gasteiger partial charge in [0.05, 0.1) is 6.33 Å². The van der Waals surface area contributed by atoms with E-state index < -0.39 is 0 Å². The summed E-state index contributed by atoms with van der Waals surface area (Å²) in [6.45, 7) is 3.89. The standard InChI is InChI=1S/C21H28N6O2/c22-18-14-17(3-7-24-18)20(29)26-11-5-21(6-12-26)4-2-19(28)27(15-21)10-1-9-25-13-8-23-16-25/h3,7-8,13-14,16H,1-2,4-6,9-12,15H2,(H2,22,24). The fourth-order valence-corrected chi connectivity index (χ4v) is 4.53. The fraction of sp³-hybridized carbons (Fsp3) is 0.524. The number of aromatic nitrogens is 3. The summed E-state index contributed by atoms with van der Waals surface area (Å²) in [5.41, 5.74) is 6.44. The number of rotatable bonds is 5. The minimum Gasteiger partial charge on any atom is -0.384 e. The van der Waals surface area contributed by atoms with Gasteiger partial charge in [-0.2, -0.15) is 0 Å². The molecule has 2 aliphatic rings. The smallest absolute Gasteiger partial charge is 0.254 e. The number of carbonyl (C=O) groups excluding carboxylic acids is 2. The van der Waals surface area contributed by atoms with Crippen LogP contribution in [-0.4, -0.2) is 62.3 Å². The van der Waals surface area contributed by atoms with E-state index >= 15 is 0 Å². The zero-order valence-corrected chi connectivity index (χ0v) is 16.7. The Balaban J connectivity index is 1.32. The lowest BCUT2D eigenvalue weighted by Crippen LogP contribution is -2.52. The molecule has 0 aliphatic carbocycles. The van der Waals surface area contributed by atoms with E-state index in [0.717, 1.165) is 58.4 Å². The lowest BCUT2D eigenvalue weighted by Gasteiger charge is -2.47. The van der Waals surface area contributed by atoms with Crippen molar-refractivity contribution in [1.29, 1.82) is 0 Å². The molecule has 29 heavy (non-hydrogen) atoms. The first-order chi connectivity index (χ1) is 14.0. The number of nitrogens with two attached hydrogens (primary N) is 1. The average Bonchev–Trinajstić information content (AvgIpc) is 3.24. The predicted octanol–water partition coefficient (Wildman–Crippen LogP) is 1.80. The lowest BCUT2D eigenvalue weighted by atomic mass is 9.72. The number of pyridine rings is 1. The van der Waals surface area contributed by atoms with Crippen molar-refractivity contribution in [1.82, 2.24) is 24.3 Å². The number of nitrogens with zero attached hydrogens (tertiary/aromatic N) is 5. The highest BCUT2D eigenvalue weighted by Crippen LogP contribution is 2.40. The molecule has 8 heteroatoms. The third-order valence-corrected chi connectivity index (χ3v) is 6.29. The van der Waals surface area contributed by atoms with Gasteiger partial charge >= 0.3 is 0 Å². The molecule has 2 aromatic rings. The van der Waals surface area contributed by atoms with Crippen molar-refractivity contribution in [2.45, 2.75) is 38.6 Å². The fourth-order valence-electron chi connectivity index (χ4n) is 4.53. The molecular weight excluding hydrogens is 368 g/mol. The van der Waals surface area contributed by atoms with E-state index in [9.17, 15) is 9.59 Å². The second-order valence-electron chi connectivity index (χ2n) is 8.23. The van der Waals surface area contributed by atoms with Crippen molar-refractivity contribution in [2.24, 2.45) is 5.41 Å². The largest absolute Gasteiger partial charge is 0.384 e. The van der Waals surface area contributed by atoms with Crippen LogP contribution in [0.4, 0.5) is 5.82 Å².